The third-order valence-electron chi connectivity index (χ3n) is 7.93. The Balaban J connectivity index is 1.65. The van der Waals surface area contributed by atoms with Gasteiger partial charge in [0.1, 0.15) is 0 Å². The van der Waals surface area contributed by atoms with E-state index >= 15 is 0 Å². The second-order valence-electron chi connectivity index (χ2n) is 10.3. The van der Waals surface area contributed by atoms with Crippen molar-refractivity contribution in [2.24, 2.45) is 23.2 Å². The molecule has 0 heterocycles. The average molecular weight is 371 g/mol. The van der Waals surface area contributed by atoms with Crippen LogP contribution in [0.25, 0.3) is 0 Å². The number of fused-ring (bicyclic) bond motifs is 1. The Hall–Kier alpha value is -0.820. The lowest BCUT2D eigenvalue weighted by molar-refractivity contribution is 0.127. The highest BCUT2D eigenvalue weighted by Gasteiger charge is 2.48. The predicted octanol–water partition coefficient (Wildman–Crippen LogP) is 7.37. The molecule has 0 aromatic rings. The lowest BCUT2D eigenvalue weighted by Crippen LogP contribution is -2.33. The summed E-state index contributed by atoms with van der Waals surface area (Å²) in [5.41, 5.74) is 4.75. The average Bonchev–Trinajstić information content (AvgIpc) is 2.96. The highest BCUT2D eigenvalue weighted by molar-refractivity contribution is 5.36. The molecule has 1 heteroatoms. The quantitative estimate of drug-likeness (QED) is 0.484. The van der Waals surface area contributed by atoms with E-state index in [1.807, 2.05) is 0 Å². The molecule has 3 unspecified atom stereocenters. The summed E-state index contributed by atoms with van der Waals surface area (Å²) >= 11 is 0. The zero-order valence-electron chi connectivity index (χ0n) is 18.1. The van der Waals surface area contributed by atoms with E-state index in [9.17, 15) is 5.11 Å². The van der Waals surface area contributed by atoms with Crippen molar-refractivity contribution in [2.75, 3.05) is 0 Å². The van der Waals surface area contributed by atoms with Crippen LogP contribution in [-0.2, 0) is 0 Å². The van der Waals surface area contributed by atoms with Crippen LogP contribution in [0, 0.1) is 23.2 Å². The number of aliphatic hydroxyl groups is 1. The number of rotatable bonds is 6. The Bertz CT molecular complexity index is 581. The van der Waals surface area contributed by atoms with E-state index < -0.39 is 0 Å². The van der Waals surface area contributed by atoms with Crippen LogP contribution in [0.2, 0.25) is 0 Å². The third-order valence-corrected chi connectivity index (χ3v) is 7.93. The van der Waals surface area contributed by atoms with E-state index in [-0.39, 0.29) is 6.10 Å². The molecule has 4 atom stereocenters. The van der Waals surface area contributed by atoms with Gasteiger partial charge in [-0.3, -0.25) is 0 Å². The molecule has 152 valence electrons. The van der Waals surface area contributed by atoms with Crippen LogP contribution in [0.15, 0.2) is 35.5 Å². The minimum absolute atomic E-state index is 0.168. The predicted molar refractivity (Wildman–Crippen MR) is 117 cm³/mol. The van der Waals surface area contributed by atoms with Gasteiger partial charge in [0.25, 0.3) is 0 Å². The largest absolute Gasteiger partial charge is 0.393 e. The molecule has 3 saturated carbocycles. The molecule has 27 heavy (non-hydrogen) atoms. The number of unbranched alkanes of at least 4 members (excludes halogenated alkanes) is 1. The van der Waals surface area contributed by atoms with Crippen molar-refractivity contribution in [3.8, 4) is 0 Å². The first kappa shape index (κ1) is 20.9. The fraction of sp³-hybridized carbons (Fsp3) is 0.769. The van der Waals surface area contributed by atoms with Crippen LogP contribution in [-0.4, -0.2) is 11.2 Å². The van der Waals surface area contributed by atoms with Gasteiger partial charge in [0.15, 0.2) is 0 Å². The summed E-state index contributed by atoms with van der Waals surface area (Å²) in [7, 11) is 0. The molecule has 3 aliphatic carbocycles. The number of hydrogen-bond donors (Lipinski definition) is 1. The Morgan fingerprint density at radius 3 is 2.74 bits per heavy atom. The molecule has 3 fully saturated rings. The van der Waals surface area contributed by atoms with Crippen LogP contribution < -0.4 is 0 Å². The topological polar surface area (TPSA) is 20.2 Å². The van der Waals surface area contributed by atoms with E-state index in [0.717, 1.165) is 37.0 Å². The highest BCUT2D eigenvalue weighted by atomic mass is 16.3. The van der Waals surface area contributed by atoms with Gasteiger partial charge in [-0.05, 0) is 86.5 Å². The summed E-state index contributed by atoms with van der Waals surface area (Å²) in [4.78, 5) is 0. The molecule has 0 aromatic heterocycles. The highest BCUT2D eigenvalue weighted by Crippen LogP contribution is 2.58. The molecule has 0 radical (unpaired) electrons. The van der Waals surface area contributed by atoms with Crippen LogP contribution in [0.4, 0.5) is 0 Å². The van der Waals surface area contributed by atoms with Crippen molar-refractivity contribution in [1.82, 2.24) is 0 Å². The van der Waals surface area contributed by atoms with Crippen LogP contribution >= 0.6 is 0 Å². The Kier molecular flexibility index (Phi) is 7.06. The number of allylic oxidation sites excluding steroid dienone is 4. The lowest BCUT2D eigenvalue weighted by atomic mass is 9.62. The third kappa shape index (κ3) is 4.97. The van der Waals surface area contributed by atoms with Gasteiger partial charge >= 0.3 is 0 Å². The van der Waals surface area contributed by atoms with Gasteiger partial charge < -0.3 is 5.11 Å². The molecule has 0 amide bonds. The van der Waals surface area contributed by atoms with Crippen molar-refractivity contribution in [2.45, 2.75) is 104 Å². The van der Waals surface area contributed by atoms with Gasteiger partial charge in [-0.1, -0.05) is 69.9 Å². The lowest BCUT2D eigenvalue weighted by Gasteiger charge is -2.42. The molecule has 3 rings (SSSR count). The van der Waals surface area contributed by atoms with Gasteiger partial charge in [0.05, 0.1) is 6.10 Å². The molecule has 1 N–H and O–H groups in total. The van der Waals surface area contributed by atoms with Crippen molar-refractivity contribution < 1.29 is 5.11 Å². The van der Waals surface area contributed by atoms with Gasteiger partial charge in [0.2, 0.25) is 0 Å². The molecule has 3 aliphatic rings. The summed E-state index contributed by atoms with van der Waals surface area (Å²) < 4.78 is 0. The van der Waals surface area contributed by atoms with Crippen molar-refractivity contribution in [1.29, 1.82) is 0 Å². The summed E-state index contributed by atoms with van der Waals surface area (Å²) in [5, 5.41) is 9.99. The molecular formula is C26H42O. The van der Waals surface area contributed by atoms with Crippen molar-refractivity contribution in [3.63, 3.8) is 0 Å². The first-order valence-corrected chi connectivity index (χ1v) is 11.7. The molecule has 0 aliphatic heterocycles. The van der Waals surface area contributed by atoms with Gasteiger partial charge in [0, 0.05) is 0 Å². The fourth-order valence-electron chi connectivity index (χ4n) is 6.16. The molecule has 0 spiro atoms. The minimum atomic E-state index is -0.168. The standard InChI is InChI=1S/C26H42O/c1-19(2)8-5-6-10-23-14-16-25-21(9-7-17-26(23,25)4)12-13-22-18-24(27)15-11-20(22)3/h12-13,19,23-25,27H,3,5-11,14-18H2,1-2,4H3/b21-12+,22-13-/t23?,24-,25?,26?/m0/s1. The fourth-order valence-corrected chi connectivity index (χ4v) is 6.16. The van der Waals surface area contributed by atoms with Gasteiger partial charge in [-0.2, -0.15) is 0 Å². The summed E-state index contributed by atoms with van der Waals surface area (Å²) in [5.74, 6) is 2.57. The first-order chi connectivity index (χ1) is 12.9. The maximum atomic E-state index is 9.99. The van der Waals surface area contributed by atoms with E-state index in [2.05, 4.69) is 39.5 Å². The van der Waals surface area contributed by atoms with E-state index in [1.54, 1.807) is 5.57 Å². The maximum absolute atomic E-state index is 9.99. The van der Waals surface area contributed by atoms with Gasteiger partial charge in [-0.25, -0.2) is 0 Å². The number of hydrogen-bond acceptors (Lipinski definition) is 1. The van der Waals surface area contributed by atoms with Crippen LogP contribution in [0.1, 0.15) is 97.8 Å². The summed E-state index contributed by atoms with van der Waals surface area (Å²) in [6, 6.07) is 0. The zero-order valence-corrected chi connectivity index (χ0v) is 18.1. The smallest absolute Gasteiger partial charge is 0.0583 e. The summed E-state index contributed by atoms with van der Waals surface area (Å²) in [6.07, 6.45) is 19.7. The second kappa shape index (κ2) is 9.12. The second-order valence-corrected chi connectivity index (χ2v) is 10.3. The maximum Gasteiger partial charge on any atom is 0.0583 e. The monoisotopic (exact) mass is 370 g/mol. The van der Waals surface area contributed by atoms with Crippen molar-refractivity contribution >= 4 is 0 Å². The Morgan fingerprint density at radius 1 is 1.15 bits per heavy atom. The van der Waals surface area contributed by atoms with Crippen LogP contribution in [0.5, 0.6) is 0 Å². The van der Waals surface area contributed by atoms with Gasteiger partial charge in [-0.15, -0.1) is 0 Å². The normalized spacial score (nSPS) is 37.4. The van der Waals surface area contributed by atoms with Crippen LogP contribution in [0.3, 0.4) is 0 Å². The molecule has 0 bridgehead atoms. The molecular weight excluding hydrogens is 328 g/mol. The molecule has 1 nitrogen and oxygen atoms in total. The first-order valence-electron chi connectivity index (χ1n) is 11.7. The Morgan fingerprint density at radius 2 is 1.96 bits per heavy atom. The zero-order chi connectivity index (χ0) is 19.4. The van der Waals surface area contributed by atoms with E-state index in [4.69, 9.17) is 0 Å². The molecule has 0 aromatic carbocycles. The van der Waals surface area contributed by atoms with Crippen molar-refractivity contribution in [3.05, 3.63) is 35.5 Å². The Labute approximate surface area is 168 Å². The minimum Gasteiger partial charge on any atom is -0.393 e. The van der Waals surface area contributed by atoms with E-state index in [1.165, 1.54) is 68.9 Å². The SMILES string of the molecule is C=C1CC[C@H](O)C/C1=C/C=C1\CCCC2(C)C(CCCCC(C)C)CCC12. The number of aliphatic hydroxyl groups excluding tert-OH is 1. The van der Waals surface area contributed by atoms with E-state index in [0.29, 0.717) is 5.41 Å². The molecule has 0 saturated heterocycles. The summed E-state index contributed by atoms with van der Waals surface area (Å²) in [6.45, 7) is 11.5.